The summed E-state index contributed by atoms with van der Waals surface area (Å²) in [4.78, 5) is 4.35. The second kappa shape index (κ2) is 4.68. The van der Waals surface area contributed by atoms with Crippen LogP contribution in [-0.2, 0) is 14.1 Å². The van der Waals surface area contributed by atoms with Crippen LogP contribution >= 0.6 is 11.6 Å². The minimum atomic E-state index is 0.605. The molecule has 0 aliphatic carbocycles. The first-order valence-corrected chi connectivity index (χ1v) is 6.51. The van der Waals surface area contributed by atoms with E-state index in [-0.39, 0.29) is 0 Å². The normalized spacial score (nSPS) is 10.9. The van der Waals surface area contributed by atoms with Crippen molar-refractivity contribution in [1.82, 2.24) is 19.3 Å². The molecule has 3 rings (SSSR count). The summed E-state index contributed by atoms with van der Waals surface area (Å²) >= 11 is 5.94. The van der Waals surface area contributed by atoms with Gasteiger partial charge >= 0.3 is 0 Å². The van der Waals surface area contributed by atoms with Crippen molar-refractivity contribution in [3.8, 4) is 22.5 Å². The van der Waals surface area contributed by atoms with E-state index in [0.29, 0.717) is 10.8 Å². The lowest BCUT2D eigenvalue weighted by molar-refractivity contribution is 0.781. The third-order valence-corrected chi connectivity index (χ3v) is 3.42. The highest BCUT2D eigenvalue weighted by Crippen LogP contribution is 2.35. The van der Waals surface area contributed by atoms with Crippen LogP contribution in [0.15, 0.2) is 36.8 Å². The number of nitrogens with zero attached hydrogens (tertiary/aromatic N) is 4. The van der Waals surface area contributed by atoms with Crippen LogP contribution in [-0.4, -0.2) is 19.3 Å². The Morgan fingerprint density at radius 2 is 1.85 bits per heavy atom. The zero-order valence-electron chi connectivity index (χ0n) is 11.2. The van der Waals surface area contributed by atoms with Gasteiger partial charge in [-0.05, 0) is 17.7 Å². The minimum Gasteiger partial charge on any atom is -0.383 e. The van der Waals surface area contributed by atoms with E-state index in [2.05, 4.69) is 10.1 Å². The molecule has 20 heavy (non-hydrogen) atoms. The molecule has 1 aromatic carbocycles. The Morgan fingerprint density at radius 3 is 2.45 bits per heavy atom. The summed E-state index contributed by atoms with van der Waals surface area (Å²) in [6.45, 7) is 0. The molecule has 6 heteroatoms. The number of hydrogen-bond acceptors (Lipinski definition) is 3. The molecule has 2 aromatic heterocycles. The lowest BCUT2D eigenvalue weighted by Gasteiger charge is -2.03. The number of imidazole rings is 1. The summed E-state index contributed by atoms with van der Waals surface area (Å²) in [5, 5.41) is 5.17. The first-order chi connectivity index (χ1) is 9.56. The van der Waals surface area contributed by atoms with Gasteiger partial charge in [-0.2, -0.15) is 5.10 Å². The summed E-state index contributed by atoms with van der Waals surface area (Å²) in [5.74, 6) is 0.605. The average Bonchev–Trinajstić information content (AvgIpc) is 2.97. The fourth-order valence-corrected chi connectivity index (χ4v) is 2.28. The van der Waals surface area contributed by atoms with Gasteiger partial charge in [0.05, 0.1) is 11.9 Å². The molecular weight excluding hydrogens is 274 g/mol. The number of aromatic nitrogens is 4. The Hall–Kier alpha value is -2.27. The molecule has 102 valence electrons. The van der Waals surface area contributed by atoms with Gasteiger partial charge < -0.3 is 10.3 Å². The smallest absolute Gasteiger partial charge is 0.129 e. The SMILES string of the molecule is Cn1cnc(-c2nn(C)c(N)c2-c2ccc(Cl)cc2)c1. The minimum absolute atomic E-state index is 0.605. The highest BCUT2D eigenvalue weighted by molar-refractivity contribution is 6.30. The predicted molar refractivity (Wildman–Crippen MR) is 80.3 cm³/mol. The van der Waals surface area contributed by atoms with Crippen LogP contribution in [0.4, 0.5) is 5.82 Å². The van der Waals surface area contributed by atoms with Crippen molar-refractivity contribution in [2.24, 2.45) is 14.1 Å². The van der Waals surface area contributed by atoms with Gasteiger partial charge in [0.1, 0.15) is 17.2 Å². The van der Waals surface area contributed by atoms with Crippen molar-refractivity contribution in [2.75, 3.05) is 5.73 Å². The molecule has 3 aromatic rings. The Bertz CT molecular complexity index is 754. The summed E-state index contributed by atoms with van der Waals surface area (Å²) < 4.78 is 3.54. The van der Waals surface area contributed by atoms with Crippen molar-refractivity contribution in [2.45, 2.75) is 0 Å². The number of rotatable bonds is 2. The van der Waals surface area contributed by atoms with Crippen LogP contribution in [0.3, 0.4) is 0 Å². The van der Waals surface area contributed by atoms with E-state index < -0.39 is 0 Å². The van der Waals surface area contributed by atoms with Crippen LogP contribution in [0, 0.1) is 0 Å². The zero-order valence-corrected chi connectivity index (χ0v) is 12.0. The van der Waals surface area contributed by atoms with Gasteiger partial charge in [-0.3, -0.25) is 4.68 Å². The van der Waals surface area contributed by atoms with Crippen molar-refractivity contribution < 1.29 is 0 Å². The first kappa shape index (κ1) is 12.7. The van der Waals surface area contributed by atoms with Gasteiger partial charge in [-0.1, -0.05) is 23.7 Å². The topological polar surface area (TPSA) is 61.7 Å². The molecule has 0 saturated carbocycles. The van der Waals surface area contributed by atoms with Gasteiger partial charge in [0.25, 0.3) is 0 Å². The quantitative estimate of drug-likeness (QED) is 0.788. The molecule has 0 saturated heterocycles. The Labute approximate surface area is 121 Å². The highest BCUT2D eigenvalue weighted by atomic mass is 35.5. The van der Waals surface area contributed by atoms with Gasteiger partial charge in [0, 0.05) is 25.3 Å². The number of hydrogen-bond donors (Lipinski definition) is 1. The maximum Gasteiger partial charge on any atom is 0.129 e. The van der Waals surface area contributed by atoms with Gasteiger partial charge in [-0.15, -0.1) is 0 Å². The highest BCUT2D eigenvalue weighted by Gasteiger charge is 2.18. The zero-order chi connectivity index (χ0) is 14.3. The van der Waals surface area contributed by atoms with Crippen molar-refractivity contribution >= 4 is 17.4 Å². The number of nitrogen functional groups attached to an aromatic ring is 1. The van der Waals surface area contributed by atoms with Crippen molar-refractivity contribution in [1.29, 1.82) is 0 Å². The lowest BCUT2D eigenvalue weighted by Crippen LogP contribution is -1.97. The van der Waals surface area contributed by atoms with E-state index in [0.717, 1.165) is 22.5 Å². The van der Waals surface area contributed by atoms with Crippen LogP contribution < -0.4 is 5.73 Å². The van der Waals surface area contributed by atoms with Crippen LogP contribution in [0.5, 0.6) is 0 Å². The molecule has 5 nitrogen and oxygen atoms in total. The molecular formula is C14H14ClN5. The summed E-state index contributed by atoms with van der Waals surface area (Å²) in [6, 6.07) is 7.54. The monoisotopic (exact) mass is 287 g/mol. The Balaban J connectivity index is 2.21. The van der Waals surface area contributed by atoms with Crippen molar-refractivity contribution in [3.05, 3.63) is 41.8 Å². The fourth-order valence-electron chi connectivity index (χ4n) is 2.15. The van der Waals surface area contributed by atoms with Crippen LogP contribution in [0.1, 0.15) is 0 Å². The van der Waals surface area contributed by atoms with E-state index in [1.54, 1.807) is 11.0 Å². The standard InChI is InChI=1S/C14H14ClN5/c1-19-7-11(17-8-19)13-12(14(16)20(2)18-13)9-3-5-10(15)6-4-9/h3-8H,16H2,1-2H3. The molecule has 0 radical (unpaired) electrons. The second-order valence-corrected chi connectivity index (χ2v) is 5.10. The molecule has 0 bridgehead atoms. The molecule has 0 aliphatic rings. The summed E-state index contributed by atoms with van der Waals surface area (Å²) in [7, 11) is 3.74. The second-order valence-electron chi connectivity index (χ2n) is 4.66. The average molecular weight is 288 g/mol. The summed E-state index contributed by atoms with van der Waals surface area (Å²) in [5.41, 5.74) is 9.57. The molecule has 0 unspecified atom stereocenters. The lowest BCUT2D eigenvalue weighted by atomic mass is 10.0. The van der Waals surface area contributed by atoms with Crippen molar-refractivity contribution in [3.63, 3.8) is 0 Å². The van der Waals surface area contributed by atoms with Crippen LogP contribution in [0.2, 0.25) is 5.02 Å². The number of anilines is 1. The molecule has 2 N–H and O–H groups in total. The van der Waals surface area contributed by atoms with Gasteiger partial charge in [0.2, 0.25) is 0 Å². The van der Waals surface area contributed by atoms with E-state index in [9.17, 15) is 0 Å². The first-order valence-electron chi connectivity index (χ1n) is 6.13. The van der Waals surface area contributed by atoms with E-state index in [1.807, 2.05) is 49.1 Å². The number of halogens is 1. The molecule has 0 spiro atoms. The summed E-state index contributed by atoms with van der Waals surface area (Å²) in [6.07, 6.45) is 3.66. The third kappa shape index (κ3) is 2.06. The number of aryl methyl sites for hydroxylation is 2. The fraction of sp³-hybridized carbons (Fsp3) is 0.143. The maximum atomic E-state index is 6.15. The Morgan fingerprint density at radius 1 is 1.15 bits per heavy atom. The van der Waals surface area contributed by atoms with Crippen LogP contribution in [0.25, 0.3) is 22.5 Å². The van der Waals surface area contributed by atoms with E-state index in [4.69, 9.17) is 17.3 Å². The number of benzene rings is 1. The number of nitrogens with two attached hydrogens (primary N) is 1. The Kier molecular flexibility index (Phi) is 2.99. The maximum absolute atomic E-state index is 6.15. The molecule has 2 heterocycles. The molecule has 0 atom stereocenters. The third-order valence-electron chi connectivity index (χ3n) is 3.17. The molecule has 0 fully saturated rings. The predicted octanol–water partition coefficient (Wildman–Crippen LogP) is 2.72. The van der Waals surface area contributed by atoms with E-state index >= 15 is 0 Å². The van der Waals surface area contributed by atoms with Gasteiger partial charge in [0.15, 0.2) is 0 Å². The largest absolute Gasteiger partial charge is 0.383 e. The van der Waals surface area contributed by atoms with Gasteiger partial charge in [-0.25, -0.2) is 4.98 Å². The molecule has 0 aliphatic heterocycles. The van der Waals surface area contributed by atoms with E-state index in [1.165, 1.54) is 0 Å². The molecule has 0 amide bonds.